The number of rotatable bonds is 13. The lowest BCUT2D eigenvalue weighted by atomic mass is 9.90. The third-order valence-electron chi connectivity index (χ3n) is 13.2. The van der Waals surface area contributed by atoms with E-state index in [1.807, 2.05) is 0 Å². The highest BCUT2D eigenvalue weighted by atomic mass is 35.5. The Morgan fingerprint density at radius 1 is 0.984 bits per heavy atom. The number of hydrogen-bond donors (Lipinski definition) is 5. The van der Waals surface area contributed by atoms with E-state index < -0.39 is 23.7 Å². The summed E-state index contributed by atoms with van der Waals surface area (Å²) in [4.78, 5) is 64.1. The van der Waals surface area contributed by atoms with Gasteiger partial charge in [-0.3, -0.25) is 14.4 Å². The van der Waals surface area contributed by atoms with Crippen molar-refractivity contribution in [3.63, 3.8) is 0 Å². The van der Waals surface area contributed by atoms with Crippen LogP contribution >= 0.6 is 11.6 Å². The zero-order valence-corrected chi connectivity index (χ0v) is 36.3. The molecule has 21 heteroatoms. The summed E-state index contributed by atoms with van der Waals surface area (Å²) in [7, 11) is 1.42. The van der Waals surface area contributed by atoms with E-state index in [2.05, 4.69) is 31.0 Å². The number of piperazine rings is 1. The van der Waals surface area contributed by atoms with E-state index in [4.69, 9.17) is 17.3 Å². The van der Waals surface area contributed by atoms with Crippen molar-refractivity contribution in [1.82, 2.24) is 39.4 Å². The molecule has 1 aromatic carbocycles. The predicted molar refractivity (Wildman–Crippen MR) is 231 cm³/mol. The number of carbonyl (C=O) groups is 4. The highest BCUT2D eigenvalue weighted by Gasteiger charge is 2.43. The first-order valence-corrected chi connectivity index (χ1v) is 22.0. The van der Waals surface area contributed by atoms with Crippen LogP contribution in [-0.4, -0.2) is 145 Å². The number of anilines is 2. The smallest absolute Gasteiger partial charge is 0.435 e. The van der Waals surface area contributed by atoms with Gasteiger partial charge < -0.3 is 45.6 Å². The lowest BCUT2D eigenvalue weighted by Gasteiger charge is -2.46. The molecule has 0 unspecified atom stereocenters. The number of alkyl halides is 3. The topological polar surface area (TPSA) is 206 Å². The monoisotopic (exact) mass is 909 g/mol. The molecule has 1 saturated carbocycles. The van der Waals surface area contributed by atoms with E-state index in [1.54, 1.807) is 21.9 Å². The summed E-state index contributed by atoms with van der Waals surface area (Å²) in [6.45, 7) is 5.80. The summed E-state index contributed by atoms with van der Waals surface area (Å²) >= 11 is 6.58. The number of carbonyl (C=O) groups excluding carboxylic acids is 3. The molecule has 3 saturated heterocycles. The molecule has 64 heavy (non-hydrogen) atoms. The van der Waals surface area contributed by atoms with Crippen LogP contribution in [0.15, 0.2) is 48.9 Å². The van der Waals surface area contributed by atoms with Gasteiger partial charge in [0.25, 0.3) is 11.8 Å². The highest BCUT2D eigenvalue weighted by molar-refractivity contribution is 6.34. The Hall–Kier alpha value is -5.57. The number of hydrogen-bond acceptors (Lipinski definition) is 10. The molecule has 3 amide bonds. The third kappa shape index (κ3) is 9.74. The maximum absolute atomic E-state index is 14.4. The molecule has 8 rings (SSSR count). The molecule has 3 aromatic heterocycles. The number of pyridine rings is 1. The van der Waals surface area contributed by atoms with Gasteiger partial charge in [-0.05, 0) is 43.2 Å². The Bertz CT molecular complexity index is 2380. The number of nitrogens with one attached hydrogen (secondary N) is 3. The number of piperidine rings is 1. The van der Waals surface area contributed by atoms with Crippen molar-refractivity contribution in [2.75, 3.05) is 82.6 Å². The number of imidazole rings is 1. The number of aromatic nitrogens is 5. The van der Waals surface area contributed by atoms with Gasteiger partial charge in [0.1, 0.15) is 0 Å². The fraction of sp³-hybridized carbons (Fsp3) is 0.512. The Morgan fingerprint density at radius 2 is 1.67 bits per heavy atom. The number of carboxylic acid groups (broad SMARTS) is 1. The van der Waals surface area contributed by atoms with Crippen LogP contribution in [0.3, 0.4) is 0 Å². The zero-order valence-electron chi connectivity index (χ0n) is 35.5. The van der Waals surface area contributed by atoms with Crippen molar-refractivity contribution in [2.45, 2.75) is 50.2 Å². The lowest BCUT2D eigenvalue weighted by molar-refractivity contribution is -0.929. The molecule has 1 aliphatic carbocycles. The van der Waals surface area contributed by atoms with E-state index in [1.165, 1.54) is 42.2 Å². The quantitative estimate of drug-likeness (QED) is 0.121. The van der Waals surface area contributed by atoms with Crippen LogP contribution in [0.4, 0.5) is 24.5 Å². The van der Waals surface area contributed by atoms with Gasteiger partial charge in [0.15, 0.2) is 23.9 Å². The van der Waals surface area contributed by atoms with Crippen LogP contribution in [0.5, 0.6) is 0 Å². The van der Waals surface area contributed by atoms with Crippen LogP contribution in [0.2, 0.25) is 5.02 Å². The first kappa shape index (κ1) is 45.0. The van der Waals surface area contributed by atoms with Gasteiger partial charge in [-0.15, -0.1) is 0 Å². The lowest BCUT2D eigenvalue weighted by Crippen LogP contribution is -2.62. The van der Waals surface area contributed by atoms with Crippen molar-refractivity contribution < 1.29 is 41.9 Å². The van der Waals surface area contributed by atoms with Gasteiger partial charge in [0, 0.05) is 95.0 Å². The summed E-state index contributed by atoms with van der Waals surface area (Å²) in [6.07, 6.45) is 4.25. The Balaban J connectivity index is 0.867. The average Bonchev–Trinajstić information content (AvgIpc) is 4.00. The third-order valence-corrected chi connectivity index (χ3v) is 13.6. The molecule has 0 bridgehead atoms. The van der Waals surface area contributed by atoms with Crippen LogP contribution < -0.4 is 21.7 Å². The van der Waals surface area contributed by atoms with E-state index in [0.29, 0.717) is 74.7 Å². The van der Waals surface area contributed by atoms with E-state index >= 15 is 0 Å². The average molecular weight is 910 g/mol. The normalized spacial score (nSPS) is 21.4. The Labute approximate surface area is 372 Å². The Kier molecular flexibility index (Phi) is 12.8. The van der Waals surface area contributed by atoms with Gasteiger partial charge in [0.05, 0.1) is 59.6 Å². The van der Waals surface area contributed by atoms with E-state index in [9.17, 15) is 37.5 Å². The maximum atomic E-state index is 14.4. The van der Waals surface area contributed by atoms with Crippen molar-refractivity contribution in [3.05, 3.63) is 71.0 Å². The highest BCUT2D eigenvalue weighted by Crippen LogP contribution is 2.37. The SMILES string of the molecule is Cn1c(-c2cn(-c3ccc(NCC4(N)CCCC4)cn3)nc2C(F)(F)F)cnc1C(=O)Nc1ccc(C(=O)N2CCN(C(=O)C3CC[N+](CC(=O)O)(CC4CNC4)CC3)CC2)c(Cl)c1. The predicted octanol–water partition coefficient (Wildman–Crippen LogP) is 4.09. The van der Waals surface area contributed by atoms with Crippen molar-refractivity contribution in [1.29, 1.82) is 0 Å². The largest absolute Gasteiger partial charge is 0.477 e. The second kappa shape index (κ2) is 18.1. The van der Waals surface area contributed by atoms with Crippen LogP contribution in [0, 0.1) is 11.8 Å². The van der Waals surface area contributed by atoms with Gasteiger partial charge in [-0.2, -0.15) is 18.3 Å². The number of nitrogens with two attached hydrogens (primary N) is 1. The molecule has 4 fully saturated rings. The minimum absolute atomic E-state index is 0.0134. The number of aliphatic carboxylic acids is 1. The summed E-state index contributed by atoms with van der Waals surface area (Å²) in [5.74, 6) is -1.63. The van der Waals surface area contributed by atoms with Crippen LogP contribution in [-0.2, 0) is 22.8 Å². The molecule has 3 aliphatic heterocycles. The van der Waals surface area contributed by atoms with Gasteiger partial charge in [-0.1, -0.05) is 24.4 Å². The molecule has 4 aromatic rings. The van der Waals surface area contributed by atoms with Gasteiger partial charge >= 0.3 is 12.1 Å². The fourth-order valence-corrected chi connectivity index (χ4v) is 9.77. The molecule has 0 radical (unpaired) electrons. The van der Waals surface area contributed by atoms with E-state index in [-0.39, 0.29) is 69.0 Å². The molecular weight excluding hydrogens is 857 g/mol. The molecule has 0 atom stereocenters. The first-order valence-electron chi connectivity index (χ1n) is 21.6. The summed E-state index contributed by atoms with van der Waals surface area (Å²) in [6, 6.07) is 7.64. The maximum Gasteiger partial charge on any atom is 0.435 e. The number of benzene rings is 1. The van der Waals surface area contributed by atoms with Gasteiger partial charge in [-0.25, -0.2) is 19.4 Å². The number of quaternary nitrogens is 1. The molecule has 17 nitrogen and oxygen atoms in total. The Morgan fingerprint density at radius 3 is 2.28 bits per heavy atom. The molecule has 6 N–H and O–H groups in total. The second-order valence-corrected chi connectivity index (χ2v) is 18.2. The molecule has 342 valence electrons. The van der Waals surface area contributed by atoms with Crippen molar-refractivity contribution in [2.24, 2.45) is 24.6 Å². The minimum atomic E-state index is -4.84. The molecular formula is C43H53ClF3N12O5+. The van der Waals surface area contributed by atoms with Gasteiger partial charge in [0.2, 0.25) is 5.91 Å². The molecule has 4 aliphatic rings. The number of amides is 3. The zero-order chi connectivity index (χ0) is 45.4. The van der Waals surface area contributed by atoms with Crippen molar-refractivity contribution >= 4 is 46.7 Å². The van der Waals surface area contributed by atoms with Crippen LogP contribution in [0.1, 0.15) is 65.2 Å². The van der Waals surface area contributed by atoms with Crippen LogP contribution in [0.25, 0.3) is 17.1 Å². The number of carboxylic acids is 1. The standard InChI is InChI=1S/C43H52ClF3N12O5/c1-55-34(32-23-58(54-37(32)43(45,46)47)35-7-5-30(21-50-35)52-26-42(48)10-2-3-11-42)22-51-38(55)39(62)53-29-4-6-31(33(44)18-29)41(64)57-14-12-56(13-15-57)40(63)28-8-16-59(17-9-28,25-36(60)61)24-27-19-49-20-27/h4-7,18,21-23,27-28,49,52H,2-3,8-17,19-20,24-26,48H2,1H3,(H-,53,60,61,62,64)/p+1. The number of halogens is 4. The summed E-state index contributed by atoms with van der Waals surface area (Å²) in [5, 5.41) is 22.7. The molecule has 0 spiro atoms. The fourth-order valence-electron chi connectivity index (χ4n) is 9.51. The number of likely N-dealkylation sites (tertiary alicyclic amines) is 1. The first-order chi connectivity index (χ1) is 30.5. The number of nitrogens with zero attached hydrogens (tertiary/aromatic N) is 8. The molecule has 6 heterocycles. The minimum Gasteiger partial charge on any atom is -0.477 e. The summed E-state index contributed by atoms with van der Waals surface area (Å²) in [5.41, 5.74) is 5.73. The second-order valence-electron chi connectivity index (χ2n) is 17.8. The summed E-state index contributed by atoms with van der Waals surface area (Å²) < 4.78 is 45.8. The van der Waals surface area contributed by atoms with E-state index in [0.717, 1.165) is 56.2 Å². The van der Waals surface area contributed by atoms with Crippen molar-refractivity contribution in [3.8, 4) is 17.1 Å².